The van der Waals surface area contributed by atoms with E-state index in [1.54, 1.807) is 6.08 Å². The van der Waals surface area contributed by atoms with Gasteiger partial charge in [0.05, 0.1) is 24.4 Å². The fourth-order valence-corrected chi connectivity index (χ4v) is 7.63. The first-order chi connectivity index (χ1) is 19.2. The van der Waals surface area contributed by atoms with Crippen LogP contribution >= 0.6 is 0 Å². The smallest absolute Gasteiger partial charge is 0.331 e. The Kier molecular flexibility index (Phi) is 9.18. The molecule has 0 heterocycles. The number of hydrogen-bond acceptors (Lipinski definition) is 6. The number of ether oxygens (including phenoxy) is 3. The van der Waals surface area contributed by atoms with Crippen molar-refractivity contribution in [2.45, 2.75) is 111 Å². The van der Waals surface area contributed by atoms with Crippen LogP contribution in [0, 0.1) is 22.7 Å². The van der Waals surface area contributed by atoms with Gasteiger partial charge in [-0.3, -0.25) is 4.79 Å². The van der Waals surface area contributed by atoms with E-state index in [-0.39, 0.29) is 30.3 Å². The summed E-state index contributed by atoms with van der Waals surface area (Å²) >= 11 is 0. The van der Waals surface area contributed by atoms with Crippen molar-refractivity contribution in [1.82, 2.24) is 0 Å². The van der Waals surface area contributed by atoms with Gasteiger partial charge in [0.25, 0.3) is 0 Å². The van der Waals surface area contributed by atoms with Gasteiger partial charge in [0.2, 0.25) is 0 Å². The van der Waals surface area contributed by atoms with Crippen molar-refractivity contribution in [2.75, 3.05) is 0 Å². The van der Waals surface area contributed by atoms with Crippen molar-refractivity contribution >= 4 is 17.8 Å². The molecule has 3 aliphatic rings. The van der Waals surface area contributed by atoms with E-state index in [1.807, 2.05) is 65.0 Å². The molecular weight excluding hydrogens is 516 g/mol. The molecule has 0 radical (unpaired) electrons. The molecule has 2 fully saturated rings. The number of aliphatic hydroxyl groups is 1. The molecule has 7 atom stereocenters. The summed E-state index contributed by atoms with van der Waals surface area (Å²) in [5, 5.41) is 12.2. The van der Waals surface area contributed by atoms with Crippen molar-refractivity contribution in [1.29, 1.82) is 0 Å². The molecule has 6 nitrogen and oxygen atoms in total. The number of ketones is 1. The number of benzene rings is 1. The predicted molar refractivity (Wildman–Crippen MR) is 161 cm³/mol. The Morgan fingerprint density at radius 2 is 1.71 bits per heavy atom. The van der Waals surface area contributed by atoms with Crippen LogP contribution in [0.25, 0.3) is 6.08 Å². The first kappa shape index (κ1) is 31.4. The van der Waals surface area contributed by atoms with E-state index in [1.165, 1.54) is 6.08 Å². The van der Waals surface area contributed by atoms with Crippen LogP contribution in [0.5, 0.6) is 0 Å². The number of aliphatic hydroxyl groups excluding tert-OH is 1. The second-order valence-corrected chi connectivity index (χ2v) is 13.5. The fraction of sp³-hybridized carbons (Fsp3) is 0.600. The average molecular weight is 565 g/mol. The number of carbonyl (C=O) groups is 2. The molecule has 3 aliphatic carbocycles. The average Bonchev–Trinajstić information content (AvgIpc) is 2.89. The summed E-state index contributed by atoms with van der Waals surface area (Å²) < 4.78 is 19.4. The quantitative estimate of drug-likeness (QED) is 0.232. The summed E-state index contributed by atoms with van der Waals surface area (Å²) in [6.07, 6.45) is 2.03. The minimum Gasteiger partial charge on any atom is -0.455 e. The molecule has 0 aromatic heterocycles. The van der Waals surface area contributed by atoms with Crippen molar-refractivity contribution in [2.24, 2.45) is 22.7 Å². The number of esters is 1. The normalized spacial score (nSPS) is 33.6. The lowest BCUT2D eigenvalue weighted by Gasteiger charge is -2.60. The second kappa shape index (κ2) is 12.0. The molecule has 41 heavy (non-hydrogen) atoms. The number of rotatable bonds is 7. The van der Waals surface area contributed by atoms with Crippen LogP contribution in [-0.2, 0) is 23.8 Å². The Bertz CT molecular complexity index is 1210. The van der Waals surface area contributed by atoms with E-state index in [2.05, 4.69) is 27.4 Å². The van der Waals surface area contributed by atoms with Crippen molar-refractivity contribution in [3.8, 4) is 0 Å². The van der Waals surface area contributed by atoms with Crippen molar-refractivity contribution in [3.05, 3.63) is 65.3 Å². The molecular formula is C35H48O6. The molecule has 2 saturated carbocycles. The van der Waals surface area contributed by atoms with E-state index >= 15 is 0 Å². The molecule has 6 heteroatoms. The minimum atomic E-state index is -0.880. The van der Waals surface area contributed by atoms with E-state index in [4.69, 9.17) is 14.2 Å². The number of carbonyl (C=O) groups excluding carboxylic acids is 2. The molecule has 0 saturated heterocycles. The highest BCUT2D eigenvalue weighted by Gasteiger charge is 2.62. The van der Waals surface area contributed by atoms with Crippen LogP contribution in [0.3, 0.4) is 0 Å². The van der Waals surface area contributed by atoms with E-state index in [9.17, 15) is 14.7 Å². The predicted octanol–water partition coefficient (Wildman–Crippen LogP) is 6.48. The van der Waals surface area contributed by atoms with Crippen molar-refractivity contribution in [3.63, 3.8) is 0 Å². The summed E-state index contributed by atoms with van der Waals surface area (Å²) in [4.78, 5) is 26.3. The van der Waals surface area contributed by atoms with Crippen LogP contribution in [0.1, 0.15) is 80.2 Å². The highest BCUT2D eigenvalue weighted by Crippen LogP contribution is 2.60. The SMILES string of the molecule is C=C1[C@@H](OC(=O)/C=C/c2ccccc2)CC[C@@]2(C)[C@@H](OC(C)C)[C@H](OC(C)C)C3=C(C)C(=O)C[C@@H]([C@@H](O)[C@H]12)C3(C)C. The summed E-state index contributed by atoms with van der Waals surface area (Å²) in [6, 6.07) is 9.59. The number of fused-ring (bicyclic) bond motifs is 3. The zero-order valence-electron chi connectivity index (χ0n) is 26.0. The molecule has 0 unspecified atom stereocenters. The standard InChI is InChI=1S/C35H48O6/c1-20(2)39-32-30-22(5)26(36)19-25(34(30,7)8)31(38)29-23(6)27(17-18-35(29,9)33(32)40-21(3)4)41-28(37)16-15-24-13-11-10-12-14-24/h10-16,20-21,25,27,29,31-33,38H,6,17-19H2,1-5,7-9H3/b16-15+/t25-,27-,29-,31+,32+,33-,35+/m0/s1. The lowest BCUT2D eigenvalue weighted by atomic mass is 9.49. The van der Waals surface area contributed by atoms with Gasteiger partial charge in [0, 0.05) is 29.7 Å². The van der Waals surface area contributed by atoms with Crippen LogP contribution in [0.2, 0.25) is 0 Å². The third-order valence-corrected chi connectivity index (χ3v) is 9.59. The molecule has 0 spiro atoms. The highest BCUT2D eigenvalue weighted by atomic mass is 16.6. The van der Waals surface area contributed by atoms with Gasteiger partial charge in [-0.2, -0.15) is 0 Å². The fourth-order valence-electron chi connectivity index (χ4n) is 7.63. The molecule has 1 aromatic carbocycles. The molecule has 0 amide bonds. The first-order valence-corrected chi connectivity index (χ1v) is 15.0. The van der Waals surface area contributed by atoms with E-state index in [0.717, 1.165) is 16.7 Å². The lowest BCUT2D eigenvalue weighted by molar-refractivity contribution is -0.201. The van der Waals surface area contributed by atoms with Gasteiger partial charge in [-0.25, -0.2) is 4.79 Å². The van der Waals surface area contributed by atoms with Gasteiger partial charge in [-0.05, 0) is 81.2 Å². The maximum Gasteiger partial charge on any atom is 0.331 e. The molecule has 2 bridgehead atoms. The van der Waals surface area contributed by atoms with Gasteiger partial charge >= 0.3 is 5.97 Å². The maximum atomic E-state index is 13.4. The van der Waals surface area contributed by atoms with E-state index < -0.39 is 47.1 Å². The van der Waals surface area contributed by atoms with Crippen molar-refractivity contribution < 1.29 is 28.9 Å². The van der Waals surface area contributed by atoms with Gasteiger partial charge in [0.1, 0.15) is 12.2 Å². The first-order valence-electron chi connectivity index (χ1n) is 15.0. The maximum absolute atomic E-state index is 13.4. The number of allylic oxidation sites excluding steroid dienone is 1. The summed E-state index contributed by atoms with van der Waals surface area (Å²) in [6.45, 7) is 20.7. The lowest BCUT2D eigenvalue weighted by Crippen LogP contribution is -2.63. The van der Waals surface area contributed by atoms with Crippen LogP contribution < -0.4 is 0 Å². The number of hydrogen-bond donors (Lipinski definition) is 1. The molecule has 4 rings (SSSR count). The van der Waals surface area contributed by atoms with Crippen LogP contribution in [0.4, 0.5) is 0 Å². The zero-order chi connectivity index (χ0) is 30.3. The Balaban J connectivity index is 1.77. The third-order valence-electron chi connectivity index (χ3n) is 9.59. The van der Waals surface area contributed by atoms with Crippen LogP contribution in [-0.4, -0.2) is 53.5 Å². The Hall–Kier alpha value is -2.54. The largest absolute Gasteiger partial charge is 0.455 e. The second-order valence-electron chi connectivity index (χ2n) is 13.5. The Morgan fingerprint density at radius 3 is 2.32 bits per heavy atom. The summed E-state index contributed by atoms with van der Waals surface area (Å²) in [5.41, 5.74) is 2.12. The van der Waals surface area contributed by atoms with E-state index in [0.29, 0.717) is 18.4 Å². The third kappa shape index (κ3) is 6.02. The topological polar surface area (TPSA) is 82.1 Å². The zero-order valence-corrected chi connectivity index (χ0v) is 26.0. The van der Waals surface area contributed by atoms with Crippen LogP contribution in [0.15, 0.2) is 59.7 Å². The summed E-state index contributed by atoms with van der Waals surface area (Å²) in [7, 11) is 0. The Labute approximate surface area is 245 Å². The highest BCUT2D eigenvalue weighted by molar-refractivity contribution is 5.97. The van der Waals surface area contributed by atoms with Gasteiger partial charge < -0.3 is 19.3 Å². The monoisotopic (exact) mass is 564 g/mol. The summed E-state index contributed by atoms with van der Waals surface area (Å²) in [5.74, 6) is -1.23. The number of Topliss-reactive ketones (excluding diaryl/α,β-unsaturated/α-hetero) is 1. The minimum absolute atomic E-state index is 0.0306. The Morgan fingerprint density at radius 1 is 1.07 bits per heavy atom. The van der Waals surface area contributed by atoms with Gasteiger partial charge in [-0.1, -0.05) is 57.7 Å². The molecule has 1 N–H and O–H groups in total. The molecule has 224 valence electrons. The van der Waals surface area contributed by atoms with Gasteiger partial charge in [-0.15, -0.1) is 0 Å². The molecule has 1 aromatic rings. The molecule has 0 aliphatic heterocycles. The van der Waals surface area contributed by atoms with Gasteiger partial charge in [0.15, 0.2) is 5.78 Å².